The van der Waals surface area contributed by atoms with Gasteiger partial charge in [0.2, 0.25) is 5.91 Å². The number of halogens is 6. The molecule has 2 aromatic carbocycles. The van der Waals surface area contributed by atoms with Crippen LogP contribution in [0.2, 0.25) is 5.02 Å². The third-order valence-corrected chi connectivity index (χ3v) is 7.07. The molecule has 13 heteroatoms. The molecule has 2 amide bonds. The second kappa shape index (κ2) is 14.3. The van der Waals surface area contributed by atoms with E-state index in [0.717, 1.165) is 6.07 Å². The lowest BCUT2D eigenvalue weighted by molar-refractivity contribution is -0.139. The van der Waals surface area contributed by atoms with E-state index >= 15 is 0 Å². The molecule has 7 nitrogen and oxygen atoms in total. The number of rotatable bonds is 11. The van der Waals surface area contributed by atoms with E-state index in [0.29, 0.717) is 42.5 Å². The Kier molecular flexibility index (Phi) is 11.3. The van der Waals surface area contributed by atoms with Gasteiger partial charge in [0.05, 0.1) is 23.4 Å². The van der Waals surface area contributed by atoms with Gasteiger partial charge in [-0.15, -0.1) is 0 Å². The molecule has 1 heterocycles. The monoisotopic (exact) mass is 603 g/mol. The Morgan fingerprint density at radius 3 is 2.51 bits per heavy atom. The minimum atomic E-state index is -4.25. The van der Waals surface area contributed by atoms with Crippen molar-refractivity contribution in [1.82, 2.24) is 10.2 Å². The van der Waals surface area contributed by atoms with Gasteiger partial charge in [-0.3, -0.25) is 14.5 Å². The van der Waals surface area contributed by atoms with Crippen molar-refractivity contribution in [3.05, 3.63) is 58.1 Å². The third kappa shape index (κ3) is 9.27. The lowest BCUT2D eigenvalue weighted by Crippen LogP contribution is -2.54. The van der Waals surface area contributed by atoms with Gasteiger partial charge in [-0.2, -0.15) is 13.2 Å². The lowest BCUT2D eigenvalue weighted by Gasteiger charge is -2.43. The van der Waals surface area contributed by atoms with Crippen LogP contribution in [0.1, 0.15) is 49.0 Å². The number of anilines is 2. The Morgan fingerprint density at radius 1 is 1.12 bits per heavy atom. The molecule has 226 valence electrons. The van der Waals surface area contributed by atoms with Crippen molar-refractivity contribution in [2.75, 3.05) is 42.9 Å². The summed E-state index contributed by atoms with van der Waals surface area (Å²) in [6.45, 7) is 4.88. The van der Waals surface area contributed by atoms with E-state index in [1.165, 1.54) is 12.1 Å². The standard InChI is InChI=1S/C28H35ClF5N5O2/c1-17(2)13-20-16-39(12-11-38(20)10-8-28(32,33)34)23-14-19(29)4-6-22(23)37-27(41)21-5-3-18(25(30)26(21)31)15-36-24(40)7-9-35/h3-6,14,17,20H,7-13,15-16,35H2,1-2H3,(H,36,40)(H,37,41)/t20-/m0/s1. The number of nitrogens with two attached hydrogens (primary N) is 1. The fraction of sp³-hybridized carbons (Fsp3) is 0.500. The highest BCUT2D eigenvalue weighted by molar-refractivity contribution is 6.31. The van der Waals surface area contributed by atoms with Crippen molar-refractivity contribution in [1.29, 1.82) is 0 Å². The molecule has 0 aromatic heterocycles. The zero-order valence-corrected chi connectivity index (χ0v) is 23.7. The predicted molar refractivity (Wildman–Crippen MR) is 149 cm³/mol. The van der Waals surface area contributed by atoms with Crippen molar-refractivity contribution < 1.29 is 31.5 Å². The van der Waals surface area contributed by atoms with Crippen molar-refractivity contribution >= 4 is 34.8 Å². The molecule has 0 bridgehead atoms. The summed E-state index contributed by atoms with van der Waals surface area (Å²) in [5, 5.41) is 5.43. The number of benzene rings is 2. The van der Waals surface area contributed by atoms with E-state index in [4.69, 9.17) is 17.3 Å². The molecule has 1 atom stereocenters. The van der Waals surface area contributed by atoms with Gasteiger partial charge in [-0.1, -0.05) is 31.5 Å². The van der Waals surface area contributed by atoms with Crippen LogP contribution in [-0.2, 0) is 11.3 Å². The van der Waals surface area contributed by atoms with Crippen LogP contribution in [0.25, 0.3) is 0 Å². The molecular weight excluding hydrogens is 569 g/mol. The quantitative estimate of drug-likeness (QED) is 0.302. The number of amides is 2. The number of alkyl halides is 3. The van der Waals surface area contributed by atoms with Crippen LogP contribution in [0.15, 0.2) is 30.3 Å². The molecular formula is C28H35ClF5N5O2. The predicted octanol–water partition coefficient (Wildman–Crippen LogP) is 5.32. The van der Waals surface area contributed by atoms with Gasteiger partial charge in [0.1, 0.15) is 0 Å². The summed E-state index contributed by atoms with van der Waals surface area (Å²) in [5.74, 6) is -3.69. The minimum Gasteiger partial charge on any atom is -0.367 e. The number of hydrogen-bond donors (Lipinski definition) is 3. The second-order valence-corrected chi connectivity index (χ2v) is 10.9. The average molecular weight is 604 g/mol. The molecule has 4 N–H and O–H groups in total. The molecule has 0 spiro atoms. The summed E-state index contributed by atoms with van der Waals surface area (Å²) in [4.78, 5) is 28.4. The minimum absolute atomic E-state index is 0.0365. The van der Waals surface area contributed by atoms with Crippen LogP contribution in [0.3, 0.4) is 0 Å². The van der Waals surface area contributed by atoms with Crippen molar-refractivity contribution in [2.45, 2.75) is 51.9 Å². The largest absolute Gasteiger partial charge is 0.390 e. The molecule has 0 radical (unpaired) electrons. The second-order valence-electron chi connectivity index (χ2n) is 10.5. The van der Waals surface area contributed by atoms with E-state index in [1.807, 2.05) is 23.6 Å². The number of nitrogens with one attached hydrogen (secondary N) is 2. The average Bonchev–Trinajstić information content (AvgIpc) is 2.89. The molecule has 1 aliphatic rings. The fourth-order valence-electron chi connectivity index (χ4n) is 4.82. The van der Waals surface area contributed by atoms with Crippen LogP contribution >= 0.6 is 11.6 Å². The summed E-state index contributed by atoms with van der Waals surface area (Å²) >= 11 is 6.25. The van der Waals surface area contributed by atoms with Crippen molar-refractivity contribution in [3.8, 4) is 0 Å². The zero-order valence-electron chi connectivity index (χ0n) is 23.0. The van der Waals surface area contributed by atoms with Crippen LogP contribution in [0.4, 0.5) is 33.3 Å². The SMILES string of the molecule is CC(C)C[C@H]1CN(c2cc(Cl)ccc2NC(=O)c2ccc(CNC(=O)CCN)c(F)c2F)CCN1CCC(F)(F)F. The molecule has 2 aromatic rings. The van der Waals surface area contributed by atoms with Crippen LogP contribution in [0.5, 0.6) is 0 Å². The van der Waals surface area contributed by atoms with Gasteiger partial charge in [0.15, 0.2) is 11.6 Å². The molecule has 0 aliphatic carbocycles. The smallest absolute Gasteiger partial charge is 0.367 e. The maximum absolute atomic E-state index is 14.9. The summed E-state index contributed by atoms with van der Waals surface area (Å²) < 4.78 is 68.3. The third-order valence-electron chi connectivity index (χ3n) is 6.83. The van der Waals surface area contributed by atoms with E-state index in [1.54, 1.807) is 12.1 Å². The summed E-state index contributed by atoms with van der Waals surface area (Å²) in [6.07, 6.45) is -4.45. The molecule has 1 saturated heterocycles. The van der Waals surface area contributed by atoms with E-state index in [9.17, 15) is 31.5 Å². The van der Waals surface area contributed by atoms with Gasteiger partial charge in [0, 0.05) is 62.3 Å². The lowest BCUT2D eigenvalue weighted by atomic mass is 9.99. The Balaban J connectivity index is 1.79. The van der Waals surface area contributed by atoms with Crippen LogP contribution in [0, 0.1) is 17.6 Å². The van der Waals surface area contributed by atoms with Gasteiger partial charge >= 0.3 is 6.18 Å². The molecule has 1 aliphatic heterocycles. The number of hydrogen-bond acceptors (Lipinski definition) is 5. The first-order valence-electron chi connectivity index (χ1n) is 13.4. The maximum atomic E-state index is 14.9. The zero-order chi connectivity index (χ0) is 30.3. The van der Waals surface area contributed by atoms with Gasteiger partial charge in [-0.05, 0) is 36.6 Å². The number of piperazine rings is 1. The van der Waals surface area contributed by atoms with E-state index in [-0.39, 0.29) is 43.6 Å². The maximum Gasteiger partial charge on any atom is 0.390 e. The molecule has 3 rings (SSSR count). The highest BCUT2D eigenvalue weighted by Gasteiger charge is 2.33. The highest BCUT2D eigenvalue weighted by atomic mass is 35.5. The molecule has 41 heavy (non-hydrogen) atoms. The van der Waals surface area contributed by atoms with Crippen LogP contribution in [-0.4, -0.2) is 61.7 Å². The Hall–Kier alpha value is -2.96. The first kappa shape index (κ1) is 32.6. The molecule has 0 saturated carbocycles. The van der Waals surface area contributed by atoms with Crippen molar-refractivity contribution in [2.24, 2.45) is 11.7 Å². The molecule has 1 fully saturated rings. The first-order chi connectivity index (χ1) is 19.3. The van der Waals surface area contributed by atoms with Gasteiger partial charge < -0.3 is 21.3 Å². The topological polar surface area (TPSA) is 90.7 Å². The van der Waals surface area contributed by atoms with Gasteiger partial charge in [-0.25, -0.2) is 8.78 Å². The Morgan fingerprint density at radius 2 is 1.85 bits per heavy atom. The summed E-state index contributed by atoms with van der Waals surface area (Å²) in [7, 11) is 0. The van der Waals surface area contributed by atoms with E-state index in [2.05, 4.69) is 10.6 Å². The number of carbonyl (C=O) groups is 2. The summed E-state index contributed by atoms with van der Waals surface area (Å²) in [6, 6.07) is 6.88. The Labute approximate surface area is 241 Å². The summed E-state index contributed by atoms with van der Waals surface area (Å²) in [5.41, 5.74) is 5.46. The normalized spacial score (nSPS) is 16.2. The van der Waals surface area contributed by atoms with Gasteiger partial charge in [0.25, 0.3) is 5.91 Å². The number of nitrogens with zero attached hydrogens (tertiary/aromatic N) is 2. The number of carbonyl (C=O) groups excluding carboxylic acids is 2. The Bertz CT molecular complexity index is 1230. The highest BCUT2D eigenvalue weighted by Crippen LogP contribution is 2.33. The van der Waals surface area contributed by atoms with Crippen LogP contribution < -0.4 is 21.3 Å². The fourth-order valence-corrected chi connectivity index (χ4v) is 4.99. The van der Waals surface area contributed by atoms with E-state index < -0.39 is 41.6 Å². The first-order valence-corrected chi connectivity index (χ1v) is 13.8. The molecule has 0 unspecified atom stereocenters. The van der Waals surface area contributed by atoms with Crippen molar-refractivity contribution in [3.63, 3.8) is 0 Å².